The van der Waals surface area contributed by atoms with E-state index < -0.39 is 0 Å². The lowest BCUT2D eigenvalue weighted by molar-refractivity contribution is 0.0940. The average molecular weight is 254 g/mol. The average Bonchev–Trinajstić information content (AvgIpc) is 2.39. The molecule has 0 saturated heterocycles. The monoisotopic (exact) mass is 254 g/mol. The maximum Gasteiger partial charge on any atom is 0.255 e. The van der Waals surface area contributed by atoms with E-state index >= 15 is 0 Å². The Balaban J connectivity index is 2.80. The van der Waals surface area contributed by atoms with Crippen LogP contribution < -0.4 is 11.1 Å². The van der Waals surface area contributed by atoms with Crippen LogP contribution in [0.2, 0.25) is 0 Å². The third kappa shape index (κ3) is 3.26. The van der Waals surface area contributed by atoms with Gasteiger partial charge < -0.3 is 11.1 Å². The van der Waals surface area contributed by atoms with Crippen molar-refractivity contribution in [3.05, 3.63) is 17.0 Å². The number of thiocarbonyl (C=S) groups is 1. The summed E-state index contributed by atoms with van der Waals surface area (Å²) in [5.74, 6) is -0.128. The summed E-state index contributed by atoms with van der Waals surface area (Å²) in [6.45, 7) is 5.56. The highest BCUT2D eigenvalue weighted by atomic mass is 32.1. The molecule has 5 nitrogen and oxygen atoms in total. The van der Waals surface area contributed by atoms with Crippen molar-refractivity contribution in [1.29, 1.82) is 0 Å². The molecule has 0 saturated carbocycles. The van der Waals surface area contributed by atoms with Gasteiger partial charge >= 0.3 is 0 Å². The molecule has 0 aromatic carbocycles. The van der Waals surface area contributed by atoms with Gasteiger partial charge in [0.1, 0.15) is 0 Å². The summed E-state index contributed by atoms with van der Waals surface area (Å²) in [7, 11) is 1.82. The topological polar surface area (TPSA) is 72.9 Å². The maximum absolute atomic E-state index is 12.0. The van der Waals surface area contributed by atoms with Crippen LogP contribution in [0.3, 0.4) is 0 Å². The molecule has 1 amide bonds. The van der Waals surface area contributed by atoms with Crippen LogP contribution in [0, 0.1) is 13.8 Å². The van der Waals surface area contributed by atoms with Crippen LogP contribution in [0.25, 0.3) is 0 Å². The molecule has 1 unspecified atom stereocenters. The second-order valence-electron chi connectivity index (χ2n) is 4.21. The third-order valence-electron chi connectivity index (χ3n) is 2.62. The summed E-state index contributed by atoms with van der Waals surface area (Å²) in [6.07, 6.45) is 0.499. The van der Waals surface area contributed by atoms with Crippen molar-refractivity contribution in [2.75, 3.05) is 0 Å². The Morgan fingerprint density at radius 3 is 2.59 bits per heavy atom. The molecule has 0 aliphatic rings. The Morgan fingerprint density at radius 2 is 2.18 bits per heavy atom. The predicted molar refractivity (Wildman–Crippen MR) is 71.0 cm³/mol. The number of nitrogens with two attached hydrogens (primary N) is 1. The lowest BCUT2D eigenvalue weighted by Gasteiger charge is -2.13. The second kappa shape index (κ2) is 5.27. The molecule has 0 radical (unpaired) electrons. The molecule has 3 N–H and O–H groups in total. The Morgan fingerprint density at radius 1 is 1.59 bits per heavy atom. The van der Waals surface area contributed by atoms with E-state index in [0.717, 1.165) is 11.4 Å². The first kappa shape index (κ1) is 13.6. The smallest absolute Gasteiger partial charge is 0.255 e. The molecule has 0 bridgehead atoms. The summed E-state index contributed by atoms with van der Waals surface area (Å²) >= 11 is 4.81. The Bertz CT molecular complexity index is 453. The highest BCUT2D eigenvalue weighted by molar-refractivity contribution is 7.80. The van der Waals surface area contributed by atoms with Crippen LogP contribution >= 0.6 is 12.2 Å². The van der Waals surface area contributed by atoms with Crippen molar-refractivity contribution in [2.45, 2.75) is 33.2 Å². The number of hydrogen-bond donors (Lipinski definition) is 2. The Labute approximate surface area is 106 Å². The molecule has 1 aromatic heterocycles. The SMILES string of the molecule is Cc1nn(C)c(C)c1C(=O)NC(C)CC(N)=S. The van der Waals surface area contributed by atoms with Crippen molar-refractivity contribution < 1.29 is 4.79 Å². The number of hydrogen-bond acceptors (Lipinski definition) is 3. The molecule has 1 rings (SSSR count). The zero-order valence-corrected chi connectivity index (χ0v) is 11.4. The second-order valence-corrected chi connectivity index (χ2v) is 4.74. The highest BCUT2D eigenvalue weighted by Crippen LogP contribution is 2.11. The van der Waals surface area contributed by atoms with Crippen molar-refractivity contribution in [2.24, 2.45) is 12.8 Å². The van der Waals surface area contributed by atoms with Gasteiger partial charge in [0.25, 0.3) is 5.91 Å². The normalized spacial score (nSPS) is 12.2. The van der Waals surface area contributed by atoms with E-state index in [1.54, 1.807) is 4.68 Å². The first-order valence-electron chi connectivity index (χ1n) is 5.42. The summed E-state index contributed by atoms with van der Waals surface area (Å²) in [5.41, 5.74) is 7.64. The van der Waals surface area contributed by atoms with Crippen molar-refractivity contribution in [3.63, 3.8) is 0 Å². The van der Waals surface area contributed by atoms with Crippen molar-refractivity contribution in [1.82, 2.24) is 15.1 Å². The molecule has 1 heterocycles. The highest BCUT2D eigenvalue weighted by Gasteiger charge is 2.18. The molecule has 0 aliphatic carbocycles. The van der Waals surface area contributed by atoms with Gasteiger partial charge in [0, 0.05) is 25.2 Å². The van der Waals surface area contributed by atoms with Gasteiger partial charge in [-0.05, 0) is 20.8 Å². The largest absolute Gasteiger partial charge is 0.393 e. The minimum Gasteiger partial charge on any atom is -0.393 e. The molecular formula is C11H18N4OS. The lowest BCUT2D eigenvalue weighted by atomic mass is 10.1. The van der Waals surface area contributed by atoms with Gasteiger partial charge in [-0.3, -0.25) is 9.48 Å². The molecular weight excluding hydrogens is 236 g/mol. The number of nitrogens with one attached hydrogen (secondary N) is 1. The zero-order chi connectivity index (χ0) is 13.2. The first-order chi connectivity index (χ1) is 7.82. The van der Waals surface area contributed by atoms with E-state index in [4.69, 9.17) is 18.0 Å². The van der Waals surface area contributed by atoms with Crippen molar-refractivity contribution in [3.8, 4) is 0 Å². The third-order valence-corrected chi connectivity index (χ3v) is 2.79. The first-order valence-corrected chi connectivity index (χ1v) is 5.83. The Kier molecular flexibility index (Phi) is 4.22. The van der Waals surface area contributed by atoms with Crippen molar-refractivity contribution >= 4 is 23.1 Å². The van der Waals surface area contributed by atoms with Crippen LogP contribution in [-0.2, 0) is 7.05 Å². The van der Waals surface area contributed by atoms with Gasteiger partial charge in [0.05, 0.1) is 16.2 Å². The molecule has 17 heavy (non-hydrogen) atoms. The fourth-order valence-corrected chi connectivity index (χ4v) is 2.00. The molecule has 0 aliphatic heterocycles. The van der Waals surface area contributed by atoms with Gasteiger partial charge in [-0.15, -0.1) is 0 Å². The van der Waals surface area contributed by atoms with Gasteiger partial charge in [0.15, 0.2) is 0 Å². The van der Waals surface area contributed by atoms with E-state index in [-0.39, 0.29) is 11.9 Å². The summed E-state index contributed by atoms with van der Waals surface area (Å²) in [5, 5.41) is 7.07. The number of aromatic nitrogens is 2. The minimum atomic E-state index is -0.128. The molecule has 0 fully saturated rings. The fourth-order valence-electron chi connectivity index (χ4n) is 1.75. The minimum absolute atomic E-state index is 0.0704. The zero-order valence-electron chi connectivity index (χ0n) is 10.6. The van der Waals surface area contributed by atoms with Gasteiger partial charge in [-0.2, -0.15) is 5.10 Å². The molecule has 94 valence electrons. The maximum atomic E-state index is 12.0. The number of carbonyl (C=O) groups is 1. The summed E-state index contributed by atoms with van der Waals surface area (Å²) in [4.78, 5) is 12.4. The summed E-state index contributed by atoms with van der Waals surface area (Å²) < 4.78 is 1.70. The van der Waals surface area contributed by atoms with Crippen LogP contribution in [0.5, 0.6) is 0 Å². The van der Waals surface area contributed by atoms with E-state index in [0.29, 0.717) is 17.0 Å². The predicted octanol–water partition coefficient (Wildman–Crippen LogP) is 0.831. The fraction of sp³-hybridized carbons (Fsp3) is 0.545. The molecule has 1 atom stereocenters. The number of rotatable bonds is 4. The number of aryl methyl sites for hydroxylation is 2. The number of carbonyl (C=O) groups excluding carboxylic acids is 1. The van der Waals surface area contributed by atoms with E-state index in [1.165, 1.54) is 0 Å². The Hall–Kier alpha value is -1.43. The van der Waals surface area contributed by atoms with Crippen LogP contribution in [0.1, 0.15) is 35.1 Å². The molecule has 0 spiro atoms. The van der Waals surface area contributed by atoms with Crippen LogP contribution in [-0.4, -0.2) is 26.7 Å². The quantitative estimate of drug-likeness (QED) is 0.781. The summed E-state index contributed by atoms with van der Waals surface area (Å²) in [6, 6.07) is -0.0704. The van der Waals surface area contributed by atoms with Gasteiger partial charge in [-0.25, -0.2) is 0 Å². The van der Waals surface area contributed by atoms with Gasteiger partial charge in [0.2, 0.25) is 0 Å². The molecule has 1 aromatic rings. The molecule has 6 heteroatoms. The number of nitrogens with zero attached hydrogens (tertiary/aromatic N) is 2. The van der Waals surface area contributed by atoms with E-state index in [2.05, 4.69) is 10.4 Å². The lowest BCUT2D eigenvalue weighted by Crippen LogP contribution is -2.35. The van der Waals surface area contributed by atoms with E-state index in [1.807, 2.05) is 27.8 Å². The number of amides is 1. The standard InChI is InChI=1S/C11H18N4OS/c1-6(5-9(12)17)13-11(16)10-7(2)14-15(4)8(10)3/h6H,5H2,1-4H3,(H2,12,17)(H,13,16). The van der Waals surface area contributed by atoms with Gasteiger partial charge in [-0.1, -0.05) is 12.2 Å². The van der Waals surface area contributed by atoms with E-state index in [9.17, 15) is 4.79 Å². The van der Waals surface area contributed by atoms with Crippen LogP contribution in [0.4, 0.5) is 0 Å². The van der Waals surface area contributed by atoms with Crippen LogP contribution in [0.15, 0.2) is 0 Å².